The predicted octanol–water partition coefficient (Wildman–Crippen LogP) is 1.32. The molecule has 0 fully saturated rings. The molecule has 17 heavy (non-hydrogen) atoms. The number of aromatic nitrogens is 2. The van der Waals surface area contributed by atoms with Crippen LogP contribution < -0.4 is 5.32 Å². The Morgan fingerprint density at radius 3 is 3.12 bits per heavy atom. The first kappa shape index (κ1) is 11.3. The minimum Gasteiger partial charge on any atom is -0.352 e. The predicted molar refractivity (Wildman–Crippen MR) is 62.1 cm³/mol. The Morgan fingerprint density at radius 1 is 1.53 bits per heavy atom. The number of carbonyl (C=O) groups excluding carboxylic acids is 1. The number of hydrogen-bond acceptors (Lipinski definition) is 2. The molecule has 0 atom stereocenters. The van der Waals surface area contributed by atoms with Gasteiger partial charge < -0.3 is 9.72 Å². The summed E-state index contributed by atoms with van der Waals surface area (Å²) >= 11 is 0. The summed E-state index contributed by atoms with van der Waals surface area (Å²) in [4.78, 5) is 15.6. The highest BCUT2D eigenvalue weighted by Crippen LogP contribution is 2.07. The fourth-order valence-electron chi connectivity index (χ4n) is 1.52. The van der Waals surface area contributed by atoms with E-state index in [-0.39, 0.29) is 18.1 Å². The van der Waals surface area contributed by atoms with Crippen molar-refractivity contribution in [2.45, 2.75) is 6.42 Å². The maximum Gasteiger partial charge on any atom is 0.226 e. The van der Waals surface area contributed by atoms with Gasteiger partial charge in [0.25, 0.3) is 0 Å². The molecular formula is C12H12FN3O. The minimum atomic E-state index is -0.336. The Morgan fingerprint density at radius 2 is 2.35 bits per heavy atom. The number of halogens is 1. The zero-order valence-electron chi connectivity index (χ0n) is 9.19. The van der Waals surface area contributed by atoms with Gasteiger partial charge in [0.2, 0.25) is 5.91 Å². The van der Waals surface area contributed by atoms with Crippen LogP contribution in [0.5, 0.6) is 0 Å². The molecule has 0 saturated carbocycles. The van der Waals surface area contributed by atoms with Crippen molar-refractivity contribution in [1.82, 2.24) is 14.7 Å². The molecule has 0 unspecified atom stereocenters. The van der Waals surface area contributed by atoms with Gasteiger partial charge in [-0.2, -0.15) is 0 Å². The van der Waals surface area contributed by atoms with Gasteiger partial charge >= 0.3 is 0 Å². The lowest BCUT2D eigenvalue weighted by Gasteiger charge is -1.98. The molecule has 2 rings (SSSR count). The largest absolute Gasteiger partial charge is 0.352 e. The van der Waals surface area contributed by atoms with E-state index < -0.39 is 0 Å². The molecule has 0 bridgehead atoms. The second kappa shape index (κ2) is 4.78. The Kier molecular flexibility index (Phi) is 3.18. The quantitative estimate of drug-likeness (QED) is 0.809. The summed E-state index contributed by atoms with van der Waals surface area (Å²) in [6.45, 7) is 3.94. The maximum atomic E-state index is 12.9. The van der Waals surface area contributed by atoms with Crippen LogP contribution in [0.15, 0.2) is 37.2 Å². The first-order valence-electron chi connectivity index (χ1n) is 5.20. The Hall–Kier alpha value is -2.17. The Bertz CT molecular complexity index is 562. The molecule has 88 valence electrons. The number of pyridine rings is 1. The zero-order chi connectivity index (χ0) is 12.3. The van der Waals surface area contributed by atoms with Crippen LogP contribution in [0, 0.1) is 5.82 Å². The zero-order valence-corrected chi connectivity index (χ0v) is 9.19. The van der Waals surface area contributed by atoms with Crippen LogP contribution in [-0.2, 0) is 11.2 Å². The maximum absolute atomic E-state index is 12.9. The average molecular weight is 233 g/mol. The van der Waals surface area contributed by atoms with E-state index in [1.54, 1.807) is 22.7 Å². The van der Waals surface area contributed by atoms with Gasteiger partial charge in [0, 0.05) is 18.9 Å². The van der Waals surface area contributed by atoms with E-state index in [1.165, 1.54) is 12.3 Å². The minimum absolute atomic E-state index is 0.131. The Balaban J connectivity index is 2.14. The summed E-state index contributed by atoms with van der Waals surface area (Å²) in [6, 6.07) is 2.91. The van der Waals surface area contributed by atoms with Gasteiger partial charge in [-0.15, -0.1) is 6.58 Å². The van der Waals surface area contributed by atoms with E-state index in [4.69, 9.17) is 0 Å². The highest BCUT2D eigenvalue weighted by Gasteiger charge is 2.07. The molecule has 2 aromatic heterocycles. The first-order chi connectivity index (χ1) is 8.19. The van der Waals surface area contributed by atoms with Gasteiger partial charge in [0.05, 0.1) is 12.1 Å². The molecule has 2 heterocycles. The number of fused-ring (bicyclic) bond motifs is 1. The summed E-state index contributed by atoms with van der Waals surface area (Å²) < 4.78 is 14.5. The number of carbonyl (C=O) groups is 1. The number of amides is 1. The molecular weight excluding hydrogens is 221 g/mol. The van der Waals surface area contributed by atoms with Gasteiger partial charge in [-0.1, -0.05) is 6.08 Å². The standard InChI is InChI=1S/C12H12FN3O/c1-2-5-14-12(17)6-10-8-16-7-9(13)3-4-11(16)15-10/h2-4,7-8H,1,5-6H2,(H,14,17). The fourth-order valence-corrected chi connectivity index (χ4v) is 1.52. The number of nitrogens with zero attached hydrogens (tertiary/aromatic N) is 2. The van der Waals surface area contributed by atoms with Crippen LogP contribution >= 0.6 is 0 Å². The van der Waals surface area contributed by atoms with Crippen molar-refractivity contribution >= 4 is 11.6 Å². The lowest BCUT2D eigenvalue weighted by Crippen LogP contribution is -2.25. The van der Waals surface area contributed by atoms with Crippen LogP contribution in [0.3, 0.4) is 0 Å². The van der Waals surface area contributed by atoms with Crippen molar-refractivity contribution in [3.8, 4) is 0 Å². The molecule has 0 aliphatic carbocycles. The highest BCUT2D eigenvalue weighted by atomic mass is 19.1. The molecule has 0 aliphatic rings. The van der Waals surface area contributed by atoms with Crippen molar-refractivity contribution in [3.63, 3.8) is 0 Å². The van der Waals surface area contributed by atoms with Gasteiger partial charge in [-0.25, -0.2) is 9.37 Å². The van der Waals surface area contributed by atoms with Gasteiger partial charge in [0.15, 0.2) is 0 Å². The second-order valence-electron chi connectivity index (χ2n) is 3.61. The van der Waals surface area contributed by atoms with Crippen LogP contribution in [-0.4, -0.2) is 21.8 Å². The van der Waals surface area contributed by atoms with Crippen molar-refractivity contribution < 1.29 is 9.18 Å². The van der Waals surface area contributed by atoms with Crippen molar-refractivity contribution in [3.05, 3.63) is 48.7 Å². The number of hydrogen-bond donors (Lipinski definition) is 1. The molecule has 1 N–H and O–H groups in total. The third kappa shape index (κ3) is 2.69. The molecule has 0 spiro atoms. The number of imidazole rings is 1. The molecule has 0 radical (unpaired) electrons. The van der Waals surface area contributed by atoms with Crippen molar-refractivity contribution in [2.75, 3.05) is 6.54 Å². The second-order valence-corrected chi connectivity index (χ2v) is 3.61. The summed E-state index contributed by atoms with van der Waals surface area (Å²) in [7, 11) is 0. The van der Waals surface area contributed by atoms with E-state index >= 15 is 0 Å². The van der Waals surface area contributed by atoms with E-state index in [0.29, 0.717) is 17.9 Å². The summed E-state index contributed by atoms with van der Waals surface area (Å²) in [5.74, 6) is -0.466. The number of rotatable bonds is 4. The topological polar surface area (TPSA) is 46.4 Å². The fraction of sp³-hybridized carbons (Fsp3) is 0.167. The van der Waals surface area contributed by atoms with Crippen LogP contribution in [0.25, 0.3) is 5.65 Å². The first-order valence-corrected chi connectivity index (χ1v) is 5.20. The van der Waals surface area contributed by atoms with E-state index in [1.807, 2.05) is 0 Å². The summed E-state index contributed by atoms with van der Waals surface area (Å²) in [5.41, 5.74) is 1.23. The Labute approximate surface area is 97.8 Å². The lowest BCUT2D eigenvalue weighted by molar-refractivity contribution is -0.120. The van der Waals surface area contributed by atoms with E-state index in [9.17, 15) is 9.18 Å². The molecule has 2 aromatic rings. The molecule has 0 saturated heterocycles. The van der Waals surface area contributed by atoms with E-state index in [2.05, 4.69) is 16.9 Å². The van der Waals surface area contributed by atoms with Crippen molar-refractivity contribution in [1.29, 1.82) is 0 Å². The van der Waals surface area contributed by atoms with Crippen LogP contribution in [0.2, 0.25) is 0 Å². The third-order valence-corrected chi connectivity index (χ3v) is 2.25. The highest BCUT2D eigenvalue weighted by molar-refractivity contribution is 5.78. The monoisotopic (exact) mass is 233 g/mol. The summed E-state index contributed by atoms with van der Waals surface area (Å²) in [6.07, 6.45) is 4.76. The third-order valence-electron chi connectivity index (χ3n) is 2.25. The smallest absolute Gasteiger partial charge is 0.226 e. The van der Waals surface area contributed by atoms with Crippen LogP contribution in [0.4, 0.5) is 4.39 Å². The normalized spacial score (nSPS) is 10.4. The molecule has 0 aromatic carbocycles. The lowest BCUT2D eigenvalue weighted by atomic mass is 10.3. The SMILES string of the molecule is C=CCNC(=O)Cc1cn2cc(F)ccc2n1. The van der Waals surface area contributed by atoms with Gasteiger partial charge in [-0.05, 0) is 12.1 Å². The molecule has 4 nitrogen and oxygen atoms in total. The van der Waals surface area contributed by atoms with Crippen molar-refractivity contribution in [2.24, 2.45) is 0 Å². The van der Waals surface area contributed by atoms with E-state index in [0.717, 1.165) is 0 Å². The van der Waals surface area contributed by atoms with Gasteiger partial charge in [0.1, 0.15) is 11.5 Å². The van der Waals surface area contributed by atoms with Crippen LogP contribution in [0.1, 0.15) is 5.69 Å². The number of nitrogens with one attached hydrogen (secondary N) is 1. The average Bonchev–Trinajstić information content (AvgIpc) is 2.67. The molecule has 0 aliphatic heterocycles. The summed E-state index contributed by atoms with van der Waals surface area (Å²) in [5, 5.41) is 2.66. The van der Waals surface area contributed by atoms with Gasteiger partial charge in [-0.3, -0.25) is 4.79 Å². The molecule has 5 heteroatoms. The molecule has 1 amide bonds.